The zero-order valence-corrected chi connectivity index (χ0v) is 13.7. The van der Waals surface area contributed by atoms with Crippen LogP contribution in [0.1, 0.15) is 41.2 Å². The van der Waals surface area contributed by atoms with E-state index in [1.807, 2.05) is 6.92 Å². The van der Waals surface area contributed by atoms with Crippen LogP contribution < -0.4 is 10.6 Å². The van der Waals surface area contributed by atoms with Crippen LogP contribution in [-0.2, 0) is 4.79 Å². The van der Waals surface area contributed by atoms with E-state index < -0.39 is 5.91 Å². The molecule has 126 valence electrons. The highest BCUT2D eigenvalue weighted by atomic mass is 16.3. The highest BCUT2D eigenvalue weighted by molar-refractivity contribution is 5.95. The molecule has 0 atom stereocenters. The Balaban J connectivity index is 1.98. The van der Waals surface area contributed by atoms with Crippen molar-refractivity contribution in [1.82, 2.24) is 10.6 Å². The number of ketones is 1. The molecule has 0 saturated carbocycles. The van der Waals surface area contributed by atoms with Crippen molar-refractivity contribution in [3.8, 4) is 11.3 Å². The summed E-state index contributed by atoms with van der Waals surface area (Å²) in [5.41, 5.74) is 1.38. The van der Waals surface area contributed by atoms with Crippen LogP contribution in [0.3, 0.4) is 0 Å². The maximum atomic E-state index is 12.0. The van der Waals surface area contributed by atoms with Crippen LogP contribution in [-0.4, -0.2) is 30.7 Å². The molecule has 6 heteroatoms. The van der Waals surface area contributed by atoms with Crippen molar-refractivity contribution >= 4 is 17.6 Å². The van der Waals surface area contributed by atoms with E-state index in [9.17, 15) is 14.4 Å². The Kier molecular flexibility index (Phi) is 5.89. The number of furan rings is 1. The van der Waals surface area contributed by atoms with E-state index in [0.29, 0.717) is 17.9 Å². The number of hydrogen-bond donors (Lipinski definition) is 2. The lowest BCUT2D eigenvalue weighted by molar-refractivity contribution is -0.120. The summed E-state index contributed by atoms with van der Waals surface area (Å²) >= 11 is 0. The molecule has 0 aliphatic heterocycles. The summed E-state index contributed by atoms with van der Waals surface area (Å²) in [5.74, 6) is -0.0536. The van der Waals surface area contributed by atoms with E-state index in [1.54, 1.807) is 36.4 Å². The van der Waals surface area contributed by atoms with Crippen molar-refractivity contribution in [2.24, 2.45) is 0 Å². The van der Waals surface area contributed by atoms with E-state index in [1.165, 1.54) is 6.92 Å². The number of benzene rings is 1. The molecule has 6 nitrogen and oxygen atoms in total. The smallest absolute Gasteiger partial charge is 0.287 e. The fourth-order valence-electron chi connectivity index (χ4n) is 2.06. The highest BCUT2D eigenvalue weighted by Crippen LogP contribution is 2.22. The van der Waals surface area contributed by atoms with E-state index in [4.69, 9.17) is 4.42 Å². The summed E-state index contributed by atoms with van der Waals surface area (Å²) in [6.45, 7) is 3.94. The predicted molar refractivity (Wildman–Crippen MR) is 89.8 cm³/mol. The molecule has 2 aromatic rings. The maximum absolute atomic E-state index is 12.0. The maximum Gasteiger partial charge on any atom is 0.287 e. The number of Topliss-reactive ketones (excluding diaryl/α,β-unsaturated/α-hetero) is 1. The molecule has 1 heterocycles. The van der Waals surface area contributed by atoms with Gasteiger partial charge in [0.1, 0.15) is 5.76 Å². The van der Waals surface area contributed by atoms with Gasteiger partial charge in [-0.25, -0.2) is 0 Å². The van der Waals surface area contributed by atoms with Crippen LogP contribution in [0.4, 0.5) is 0 Å². The summed E-state index contributed by atoms with van der Waals surface area (Å²) < 4.78 is 5.52. The second-order valence-electron chi connectivity index (χ2n) is 5.33. The average Bonchev–Trinajstić information content (AvgIpc) is 3.08. The molecule has 0 unspecified atom stereocenters. The van der Waals surface area contributed by atoms with Gasteiger partial charge in [-0.15, -0.1) is 0 Å². The van der Waals surface area contributed by atoms with Crippen molar-refractivity contribution in [2.45, 2.75) is 20.3 Å². The Morgan fingerprint density at radius 3 is 2.33 bits per heavy atom. The van der Waals surface area contributed by atoms with Crippen molar-refractivity contribution in [3.63, 3.8) is 0 Å². The fraction of sp³-hybridized carbons (Fsp3) is 0.278. The van der Waals surface area contributed by atoms with E-state index in [2.05, 4.69) is 10.6 Å². The standard InChI is InChI=1S/C18H20N2O4/c1-3-10-19-17(22)11-20-18(23)16-9-8-15(24-16)14-6-4-13(5-7-14)12(2)21/h4-9H,3,10-11H2,1-2H3,(H,19,22)(H,20,23). The lowest BCUT2D eigenvalue weighted by Crippen LogP contribution is -2.37. The first-order valence-corrected chi connectivity index (χ1v) is 7.77. The molecule has 2 amide bonds. The van der Waals surface area contributed by atoms with Crippen LogP contribution in [0, 0.1) is 0 Å². The topological polar surface area (TPSA) is 88.4 Å². The van der Waals surface area contributed by atoms with Gasteiger partial charge in [-0.3, -0.25) is 14.4 Å². The molecule has 0 aliphatic carbocycles. The third-order valence-electron chi connectivity index (χ3n) is 3.39. The number of amides is 2. The monoisotopic (exact) mass is 328 g/mol. The molecule has 1 aromatic heterocycles. The van der Waals surface area contributed by atoms with E-state index in [-0.39, 0.29) is 24.0 Å². The minimum atomic E-state index is -0.451. The van der Waals surface area contributed by atoms with Gasteiger partial charge in [-0.1, -0.05) is 31.2 Å². The number of nitrogens with one attached hydrogen (secondary N) is 2. The van der Waals surface area contributed by atoms with Crippen molar-refractivity contribution in [1.29, 1.82) is 0 Å². The molecule has 0 saturated heterocycles. The molecular formula is C18H20N2O4. The highest BCUT2D eigenvalue weighted by Gasteiger charge is 2.13. The summed E-state index contributed by atoms with van der Waals surface area (Å²) in [7, 11) is 0. The van der Waals surface area contributed by atoms with Gasteiger partial charge >= 0.3 is 0 Å². The molecule has 0 fully saturated rings. The molecule has 0 aliphatic rings. The Bertz CT molecular complexity index is 732. The Labute approximate surface area is 140 Å². The number of carbonyl (C=O) groups is 3. The van der Waals surface area contributed by atoms with Crippen molar-refractivity contribution < 1.29 is 18.8 Å². The molecule has 0 spiro atoms. The zero-order valence-electron chi connectivity index (χ0n) is 13.7. The molecule has 24 heavy (non-hydrogen) atoms. The van der Waals surface area contributed by atoms with Crippen LogP contribution in [0.2, 0.25) is 0 Å². The molecular weight excluding hydrogens is 308 g/mol. The average molecular weight is 328 g/mol. The van der Waals surface area contributed by atoms with Gasteiger partial charge in [0, 0.05) is 17.7 Å². The Morgan fingerprint density at radius 1 is 1.00 bits per heavy atom. The first-order chi connectivity index (χ1) is 11.5. The lowest BCUT2D eigenvalue weighted by Gasteiger charge is -2.04. The van der Waals surface area contributed by atoms with Gasteiger partial charge in [-0.05, 0) is 25.5 Å². The van der Waals surface area contributed by atoms with Gasteiger partial charge in [-0.2, -0.15) is 0 Å². The SMILES string of the molecule is CCCNC(=O)CNC(=O)c1ccc(-c2ccc(C(C)=O)cc2)o1. The first kappa shape index (κ1) is 17.5. The second kappa shape index (κ2) is 8.10. The van der Waals surface area contributed by atoms with Gasteiger partial charge in [0.05, 0.1) is 6.54 Å². The minimum absolute atomic E-state index is 0.0117. The quantitative estimate of drug-likeness (QED) is 0.764. The van der Waals surface area contributed by atoms with Gasteiger partial charge in [0.15, 0.2) is 11.5 Å². The van der Waals surface area contributed by atoms with Crippen molar-refractivity contribution in [2.75, 3.05) is 13.1 Å². The normalized spacial score (nSPS) is 10.2. The molecule has 2 rings (SSSR count). The minimum Gasteiger partial charge on any atom is -0.451 e. The predicted octanol–water partition coefficient (Wildman–Crippen LogP) is 2.41. The molecule has 1 aromatic carbocycles. The van der Waals surface area contributed by atoms with Crippen LogP contribution in [0.15, 0.2) is 40.8 Å². The van der Waals surface area contributed by atoms with Crippen LogP contribution >= 0.6 is 0 Å². The second-order valence-corrected chi connectivity index (χ2v) is 5.33. The number of carbonyl (C=O) groups excluding carboxylic acids is 3. The third-order valence-corrected chi connectivity index (χ3v) is 3.39. The Morgan fingerprint density at radius 2 is 1.71 bits per heavy atom. The van der Waals surface area contributed by atoms with Gasteiger partial charge in [0.2, 0.25) is 5.91 Å². The lowest BCUT2D eigenvalue weighted by atomic mass is 10.1. The van der Waals surface area contributed by atoms with Crippen LogP contribution in [0.5, 0.6) is 0 Å². The van der Waals surface area contributed by atoms with E-state index in [0.717, 1.165) is 12.0 Å². The summed E-state index contributed by atoms with van der Waals surface area (Å²) in [6.07, 6.45) is 0.837. The Hall–Kier alpha value is -2.89. The molecule has 0 radical (unpaired) electrons. The van der Waals surface area contributed by atoms with Gasteiger partial charge < -0.3 is 15.1 Å². The number of rotatable bonds is 7. The van der Waals surface area contributed by atoms with Crippen LogP contribution in [0.25, 0.3) is 11.3 Å². The molecule has 0 bridgehead atoms. The summed E-state index contributed by atoms with van der Waals surface area (Å²) in [4.78, 5) is 34.7. The third kappa shape index (κ3) is 4.55. The first-order valence-electron chi connectivity index (χ1n) is 7.77. The summed E-state index contributed by atoms with van der Waals surface area (Å²) in [6, 6.07) is 10.2. The largest absolute Gasteiger partial charge is 0.451 e. The van der Waals surface area contributed by atoms with Crippen molar-refractivity contribution in [3.05, 3.63) is 47.7 Å². The fourth-order valence-corrected chi connectivity index (χ4v) is 2.06. The van der Waals surface area contributed by atoms with E-state index >= 15 is 0 Å². The summed E-state index contributed by atoms with van der Waals surface area (Å²) in [5, 5.41) is 5.18. The number of hydrogen-bond acceptors (Lipinski definition) is 4. The van der Waals surface area contributed by atoms with Gasteiger partial charge in [0.25, 0.3) is 5.91 Å². The zero-order chi connectivity index (χ0) is 17.5. The molecule has 2 N–H and O–H groups in total.